The highest BCUT2D eigenvalue weighted by Gasteiger charge is 2.28. The Morgan fingerprint density at radius 2 is 1.42 bits per heavy atom. The quantitative estimate of drug-likeness (QED) is 0.116. The highest BCUT2D eigenvalue weighted by atomic mass is 16.5. The molecule has 3 amide bonds. The third kappa shape index (κ3) is 7.99. The van der Waals surface area contributed by atoms with E-state index < -0.39 is 0 Å². The van der Waals surface area contributed by atoms with Gasteiger partial charge in [-0.2, -0.15) is 0 Å². The number of hydrogen-bond acceptors (Lipinski definition) is 6. The van der Waals surface area contributed by atoms with Crippen molar-refractivity contribution in [3.63, 3.8) is 0 Å². The summed E-state index contributed by atoms with van der Waals surface area (Å²) in [6.45, 7) is 14.3. The van der Waals surface area contributed by atoms with E-state index in [1.807, 2.05) is 42.5 Å². The Bertz CT molecular complexity index is 2160. The Labute approximate surface area is 311 Å². The van der Waals surface area contributed by atoms with Gasteiger partial charge in [0.05, 0.1) is 18.5 Å². The lowest BCUT2D eigenvalue weighted by molar-refractivity contribution is -0.114. The number of benzene rings is 4. The monoisotopic (exact) mass is 712 g/mol. The maximum absolute atomic E-state index is 12.5. The minimum Gasteiger partial charge on any atom is -0.496 e. The van der Waals surface area contributed by atoms with Crippen LogP contribution in [0.3, 0.4) is 0 Å². The van der Waals surface area contributed by atoms with Crippen LogP contribution >= 0.6 is 0 Å². The molecule has 0 bridgehead atoms. The number of amides is 3. The predicted molar refractivity (Wildman–Crippen MR) is 215 cm³/mol. The zero-order chi connectivity index (χ0) is 38.2. The summed E-state index contributed by atoms with van der Waals surface area (Å²) in [5.74, 6) is 2.13. The second-order valence-corrected chi connectivity index (χ2v) is 15.0. The van der Waals surface area contributed by atoms with Crippen molar-refractivity contribution in [3.05, 3.63) is 106 Å². The number of aryl methyl sites for hydroxylation is 1. The minimum absolute atomic E-state index is 0.0985. The number of nitrogens with one attached hydrogen (secondary N) is 3. The van der Waals surface area contributed by atoms with E-state index in [1.54, 1.807) is 25.3 Å². The zero-order valence-corrected chi connectivity index (χ0v) is 31.7. The van der Waals surface area contributed by atoms with Gasteiger partial charge in [0.25, 0.3) is 11.8 Å². The second kappa shape index (κ2) is 14.7. The summed E-state index contributed by atoms with van der Waals surface area (Å²) < 4.78 is 11.7. The summed E-state index contributed by atoms with van der Waals surface area (Å²) >= 11 is 0. The van der Waals surface area contributed by atoms with Crippen LogP contribution in [0.25, 0.3) is 23.3 Å². The average molecular weight is 713 g/mol. The van der Waals surface area contributed by atoms with Crippen LogP contribution in [-0.2, 0) is 20.8 Å². The molecule has 3 heterocycles. The van der Waals surface area contributed by atoms with Crippen molar-refractivity contribution in [2.75, 3.05) is 28.8 Å². The molecule has 0 aliphatic carbocycles. The molecule has 0 atom stereocenters. The third-order valence-corrected chi connectivity index (χ3v) is 9.66. The van der Waals surface area contributed by atoms with E-state index in [4.69, 9.17) is 15.2 Å². The highest BCUT2D eigenvalue weighted by Crippen LogP contribution is 2.40. The summed E-state index contributed by atoms with van der Waals surface area (Å²) in [6, 6.07) is 21.2. The first kappa shape index (κ1) is 36.9. The van der Waals surface area contributed by atoms with E-state index in [2.05, 4.69) is 75.7 Å². The number of carbonyl (C=O) groups is 3. The molecule has 0 saturated carbocycles. The molecule has 0 radical (unpaired) electrons. The summed E-state index contributed by atoms with van der Waals surface area (Å²) in [4.78, 5) is 36.1. The van der Waals surface area contributed by atoms with Crippen molar-refractivity contribution in [1.29, 1.82) is 0 Å². The van der Waals surface area contributed by atoms with E-state index in [1.165, 1.54) is 12.5 Å². The molecule has 3 aliphatic heterocycles. The number of nitrogens with two attached hydrogens (primary N) is 1. The van der Waals surface area contributed by atoms with E-state index in [-0.39, 0.29) is 23.3 Å². The van der Waals surface area contributed by atoms with Crippen molar-refractivity contribution in [3.8, 4) is 11.5 Å². The van der Waals surface area contributed by atoms with Crippen LogP contribution in [0.5, 0.6) is 11.5 Å². The summed E-state index contributed by atoms with van der Waals surface area (Å²) in [6.07, 6.45) is 5.78. The van der Waals surface area contributed by atoms with Crippen LogP contribution in [0.15, 0.2) is 66.7 Å². The van der Waals surface area contributed by atoms with Crippen LogP contribution in [-0.4, -0.2) is 30.4 Å². The van der Waals surface area contributed by atoms with Crippen molar-refractivity contribution in [2.24, 2.45) is 0 Å². The molecular formula is C44H48N4O5. The Morgan fingerprint density at radius 3 is 2.00 bits per heavy atom. The number of rotatable bonds is 6. The summed E-state index contributed by atoms with van der Waals surface area (Å²) in [5, 5.41) is 8.50. The van der Waals surface area contributed by atoms with Gasteiger partial charge in [0, 0.05) is 40.6 Å². The van der Waals surface area contributed by atoms with Gasteiger partial charge in [-0.15, -0.1) is 0 Å². The summed E-state index contributed by atoms with van der Waals surface area (Å²) in [7, 11) is 1.72. The lowest BCUT2D eigenvalue weighted by Gasteiger charge is -2.32. The van der Waals surface area contributed by atoms with Gasteiger partial charge in [-0.25, -0.2) is 0 Å². The number of nitrogen functional groups attached to an aromatic ring is 1. The second-order valence-electron chi connectivity index (χ2n) is 15.0. The van der Waals surface area contributed by atoms with E-state index in [0.29, 0.717) is 40.0 Å². The Hall–Kier alpha value is -5.83. The molecule has 4 aromatic carbocycles. The number of methoxy groups -OCH3 is 1. The first-order chi connectivity index (χ1) is 25.1. The number of fused-ring (bicyclic) bond motifs is 3. The molecule has 0 unspecified atom stereocenters. The van der Waals surface area contributed by atoms with Crippen LogP contribution in [0, 0.1) is 0 Å². The standard InChI is InChI=1S/C22H22N2O3.C22H26N2O2/c1-13(25)23-16-5-6-17-18(21(26)24-19(17)12-16)11-14-4-7-20-15(10-14)8-9-22(2,3)27-20;1-12(2)17-8-14(9-18(13(3)4)21(17)26-5)10-19-16-7-6-15(23)11-20(16)24-22(19)25/h4-7,10-12H,8-9H2,1-3H3,(H,23,25)(H,24,26);6-13H,23H2,1-5H3,(H,24,25). The topological polar surface area (TPSA) is 132 Å². The molecule has 53 heavy (non-hydrogen) atoms. The van der Waals surface area contributed by atoms with Crippen LogP contribution in [0.2, 0.25) is 0 Å². The largest absolute Gasteiger partial charge is 0.496 e. The molecule has 9 nitrogen and oxygen atoms in total. The molecule has 5 N–H and O–H groups in total. The van der Waals surface area contributed by atoms with Gasteiger partial charge in [-0.3, -0.25) is 14.4 Å². The fourth-order valence-corrected chi connectivity index (χ4v) is 6.95. The predicted octanol–water partition coefficient (Wildman–Crippen LogP) is 9.26. The molecule has 4 aromatic rings. The highest BCUT2D eigenvalue weighted by molar-refractivity contribution is 6.35. The van der Waals surface area contributed by atoms with E-state index >= 15 is 0 Å². The number of hydrogen-bond donors (Lipinski definition) is 4. The fraction of sp³-hybridized carbons (Fsp3) is 0.295. The van der Waals surface area contributed by atoms with E-state index in [9.17, 15) is 14.4 Å². The molecule has 274 valence electrons. The van der Waals surface area contributed by atoms with Crippen molar-refractivity contribution < 1.29 is 23.9 Å². The molecule has 9 heteroatoms. The number of ether oxygens (including phenoxy) is 2. The third-order valence-electron chi connectivity index (χ3n) is 9.66. The number of anilines is 4. The lowest BCUT2D eigenvalue weighted by Crippen LogP contribution is -2.32. The molecule has 0 saturated heterocycles. The van der Waals surface area contributed by atoms with Crippen LogP contribution in [0.1, 0.15) is 106 Å². The molecule has 0 aromatic heterocycles. The Morgan fingerprint density at radius 1 is 0.830 bits per heavy atom. The normalized spacial score (nSPS) is 16.6. The first-order valence-electron chi connectivity index (χ1n) is 18.0. The lowest BCUT2D eigenvalue weighted by atomic mass is 9.90. The first-order valence-corrected chi connectivity index (χ1v) is 18.0. The molecular weight excluding hydrogens is 665 g/mol. The van der Waals surface area contributed by atoms with Gasteiger partial charge in [0.15, 0.2) is 0 Å². The molecule has 0 fully saturated rings. The maximum atomic E-state index is 12.5. The average Bonchev–Trinajstić information content (AvgIpc) is 3.56. The van der Waals surface area contributed by atoms with Gasteiger partial charge >= 0.3 is 0 Å². The minimum atomic E-state index is -0.144. The van der Waals surface area contributed by atoms with Gasteiger partial charge in [-0.05, 0) is 127 Å². The van der Waals surface area contributed by atoms with Crippen LogP contribution < -0.4 is 31.2 Å². The summed E-state index contributed by atoms with van der Waals surface area (Å²) in [5.41, 5.74) is 16.9. The zero-order valence-electron chi connectivity index (χ0n) is 31.7. The molecule has 3 aliphatic rings. The van der Waals surface area contributed by atoms with E-state index in [0.717, 1.165) is 63.4 Å². The van der Waals surface area contributed by atoms with Gasteiger partial charge in [0.1, 0.15) is 17.1 Å². The van der Waals surface area contributed by atoms with Gasteiger partial charge in [0.2, 0.25) is 5.91 Å². The fourth-order valence-electron chi connectivity index (χ4n) is 6.95. The van der Waals surface area contributed by atoms with Crippen molar-refractivity contribution in [1.82, 2.24) is 0 Å². The number of carbonyl (C=O) groups excluding carboxylic acids is 3. The smallest absolute Gasteiger partial charge is 0.256 e. The van der Waals surface area contributed by atoms with Crippen LogP contribution in [0.4, 0.5) is 22.7 Å². The Kier molecular flexibility index (Phi) is 10.2. The Balaban J connectivity index is 0.000000182. The SMILES string of the molecule is CC(=O)Nc1ccc2c(c1)NC(=O)C2=Cc1ccc2c(c1)CCC(C)(C)O2.COc1c(C(C)C)cc(C=C2C(=O)Nc3cc(N)ccc32)cc1C(C)C. The van der Waals surface area contributed by atoms with Gasteiger partial charge in [-0.1, -0.05) is 45.9 Å². The van der Waals surface area contributed by atoms with Crippen molar-refractivity contribution in [2.45, 2.75) is 78.7 Å². The maximum Gasteiger partial charge on any atom is 0.256 e. The van der Waals surface area contributed by atoms with Gasteiger partial charge < -0.3 is 31.2 Å². The molecule has 0 spiro atoms. The molecule has 7 rings (SSSR count). The van der Waals surface area contributed by atoms with Crippen molar-refractivity contribution >= 4 is 63.8 Å².